The summed E-state index contributed by atoms with van der Waals surface area (Å²) in [5, 5.41) is 4.51. The van der Waals surface area contributed by atoms with Gasteiger partial charge in [-0.1, -0.05) is 44.2 Å². The molecular formula is C24H27N5O. The Kier molecular flexibility index (Phi) is 5.24. The monoisotopic (exact) mass is 401 g/mol. The molecule has 0 aliphatic heterocycles. The second kappa shape index (κ2) is 7.86. The van der Waals surface area contributed by atoms with Crippen molar-refractivity contribution in [2.75, 3.05) is 0 Å². The van der Waals surface area contributed by atoms with Crippen LogP contribution in [0.3, 0.4) is 0 Å². The van der Waals surface area contributed by atoms with Gasteiger partial charge in [-0.3, -0.25) is 9.78 Å². The maximum absolute atomic E-state index is 12.2. The smallest absolute Gasteiger partial charge is 0.269 e. The zero-order valence-electron chi connectivity index (χ0n) is 18.1. The van der Waals surface area contributed by atoms with Crippen LogP contribution in [0.15, 0.2) is 53.5 Å². The van der Waals surface area contributed by atoms with Crippen molar-refractivity contribution in [3.63, 3.8) is 0 Å². The molecule has 6 heteroatoms. The van der Waals surface area contributed by atoms with Gasteiger partial charge in [0.1, 0.15) is 11.2 Å². The van der Waals surface area contributed by atoms with E-state index in [0.29, 0.717) is 17.2 Å². The average Bonchev–Trinajstić information content (AvgIpc) is 3.10. The highest BCUT2D eigenvalue weighted by atomic mass is 16.1. The molecule has 3 aromatic heterocycles. The lowest BCUT2D eigenvalue weighted by Crippen LogP contribution is -2.22. The molecule has 0 spiro atoms. The van der Waals surface area contributed by atoms with E-state index < -0.39 is 0 Å². The van der Waals surface area contributed by atoms with Gasteiger partial charge in [0.2, 0.25) is 0 Å². The molecule has 154 valence electrons. The third-order valence-electron chi connectivity index (χ3n) is 5.39. The molecule has 4 rings (SSSR count). The van der Waals surface area contributed by atoms with Gasteiger partial charge in [-0.2, -0.15) is 5.10 Å². The number of aromatic nitrogens is 5. The van der Waals surface area contributed by atoms with Crippen LogP contribution in [0.2, 0.25) is 0 Å². The predicted octanol–water partition coefficient (Wildman–Crippen LogP) is 4.31. The summed E-state index contributed by atoms with van der Waals surface area (Å²) >= 11 is 0. The molecule has 0 N–H and O–H groups in total. The topological polar surface area (TPSA) is 65.6 Å². The number of hydrogen-bond acceptors (Lipinski definition) is 4. The minimum Gasteiger partial charge on any atom is -0.315 e. The largest absolute Gasteiger partial charge is 0.315 e. The molecular weight excluding hydrogens is 374 g/mol. The molecule has 0 amide bonds. The molecule has 0 bridgehead atoms. The lowest BCUT2D eigenvalue weighted by Gasteiger charge is -2.18. The fraction of sp³-hybridized carbons (Fsp3) is 0.333. The Morgan fingerprint density at radius 3 is 2.47 bits per heavy atom. The van der Waals surface area contributed by atoms with Crippen LogP contribution in [-0.2, 0) is 13.5 Å². The van der Waals surface area contributed by atoms with E-state index in [1.807, 2.05) is 37.4 Å². The summed E-state index contributed by atoms with van der Waals surface area (Å²) in [6.07, 6.45) is 2.76. The molecule has 4 aromatic rings. The Bertz CT molecular complexity index is 1230. The third-order valence-corrected chi connectivity index (χ3v) is 5.39. The molecule has 0 fully saturated rings. The normalized spacial score (nSPS) is 12.6. The van der Waals surface area contributed by atoms with Crippen molar-refractivity contribution in [1.29, 1.82) is 0 Å². The van der Waals surface area contributed by atoms with Gasteiger partial charge in [-0.15, -0.1) is 0 Å². The second-order valence-electron chi connectivity index (χ2n) is 8.30. The van der Waals surface area contributed by atoms with Crippen LogP contribution in [0.4, 0.5) is 0 Å². The first kappa shape index (κ1) is 20.0. The van der Waals surface area contributed by atoms with E-state index in [-0.39, 0.29) is 11.6 Å². The van der Waals surface area contributed by atoms with Crippen LogP contribution in [0.5, 0.6) is 0 Å². The standard InChI is InChI=1S/C24H27N5O/c1-15(2)11-19-13-22-21(14-25-19)26-23(20-12-16(3)24(30)28(5)27-20)29(22)17(4)18-9-7-6-8-10-18/h6-10,12-15,17H,11H2,1-5H3. The van der Waals surface area contributed by atoms with Crippen molar-refractivity contribution in [3.8, 4) is 11.5 Å². The first-order valence-corrected chi connectivity index (χ1v) is 10.3. The van der Waals surface area contributed by atoms with Gasteiger partial charge in [0, 0.05) is 18.3 Å². The highest BCUT2D eigenvalue weighted by Crippen LogP contribution is 2.31. The molecule has 1 unspecified atom stereocenters. The number of hydrogen-bond donors (Lipinski definition) is 0. The Labute approximate surface area is 176 Å². The van der Waals surface area contributed by atoms with Crippen molar-refractivity contribution in [2.24, 2.45) is 13.0 Å². The van der Waals surface area contributed by atoms with Crippen molar-refractivity contribution in [2.45, 2.75) is 40.2 Å². The lowest BCUT2D eigenvalue weighted by atomic mass is 10.1. The van der Waals surface area contributed by atoms with Crippen LogP contribution < -0.4 is 5.56 Å². The molecule has 30 heavy (non-hydrogen) atoms. The van der Waals surface area contributed by atoms with Gasteiger partial charge in [0.25, 0.3) is 5.56 Å². The Balaban J connectivity index is 1.98. The number of fused-ring (bicyclic) bond motifs is 1. The third kappa shape index (κ3) is 3.65. The molecule has 3 heterocycles. The van der Waals surface area contributed by atoms with Gasteiger partial charge >= 0.3 is 0 Å². The first-order chi connectivity index (χ1) is 14.3. The Morgan fingerprint density at radius 2 is 1.80 bits per heavy atom. The van der Waals surface area contributed by atoms with E-state index in [1.54, 1.807) is 7.05 Å². The van der Waals surface area contributed by atoms with Gasteiger partial charge in [-0.25, -0.2) is 9.67 Å². The number of pyridine rings is 1. The van der Waals surface area contributed by atoms with Crippen LogP contribution in [0.25, 0.3) is 22.6 Å². The summed E-state index contributed by atoms with van der Waals surface area (Å²) in [6, 6.07) is 14.4. The van der Waals surface area contributed by atoms with Gasteiger partial charge in [0.05, 0.1) is 17.8 Å². The summed E-state index contributed by atoms with van der Waals surface area (Å²) in [6.45, 7) is 8.36. The summed E-state index contributed by atoms with van der Waals surface area (Å²) in [4.78, 5) is 21.7. The Hall–Kier alpha value is -3.28. The minimum absolute atomic E-state index is 0.0415. The van der Waals surface area contributed by atoms with Gasteiger partial charge < -0.3 is 4.57 Å². The zero-order chi connectivity index (χ0) is 21.4. The minimum atomic E-state index is -0.0987. The number of imidazole rings is 1. The van der Waals surface area contributed by atoms with Crippen LogP contribution in [-0.4, -0.2) is 24.3 Å². The summed E-state index contributed by atoms with van der Waals surface area (Å²) < 4.78 is 3.59. The van der Waals surface area contributed by atoms with E-state index in [2.05, 4.69) is 53.6 Å². The van der Waals surface area contributed by atoms with E-state index >= 15 is 0 Å². The van der Waals surface area contributed by atoms with E-state index in [0.717, 1.165) is 29.0 Å². The Morgan fingerprint density at radius 1 is 1.07 bits per heavy atom. The van der Waals surface area contributed by atoms with Crippen molar-refractivity contribution < 1.29 is 0 Å². The molecule has 1 atom stereocenters. The number of aryl methyl sites for hydroxylation is 2. The van der Waals surface area contributed by atoms with Crippen LogP contribution >= 0.6 is 0 Å². The predicted molar refractivity (Wildman–Crippen MR) is 120 cm³/mol. The fourth-order valence-corrected chi connectivity index (χ4v) is 3.89. The molecule has 1 aromatic carbocycles. The van der Waals surface area contributed by atoms with Crippen LogP contribution in [0, 0.1) is 12.8 Å². The summed E-state index contributed by atoms with van der Waals surface area (Å²) in [7, 11) is 1.68. The number of benzene rings is 1. The van der Waals surface area contributed by atoms with Gasteiger partial charge in [-0.05, 0) is 43.9 Å². The maximum atomic E-state index is 12.2. The maximum Gasteiger partial charge on any atom is 0.269 e. The molecule has 0 radical (unpaired) electrons. The molecule has 0 saturated heterocycles. The van der Waals surface area contributed by atoms with E-state index in [9.17, 15) is 4.79 Å². The quantitative estimate of drug-likeness (QED) is 0.500. The fourth-order valence-electron chi connectivity index (χ4n) is 3.89. The second-order valence-corrected chi connectivity index (χ2v) is 8.30. The highest BCUT2D eigenvalue weighted by molar-refractivity contribution is 5.80. The summed E-state index contributed by atoms with van der Waals surface area (Å²) in [5.41, 5.74) is 5.32. The van der Waals surface area contributed by atoms with Gasteiger partial charge in [0.15, 0.2) is 5.82 Å². The number of nitrogens with zero attached hydrogens (tertiary/aromatic N) is 5. The molecule has 6 nitrogen and oxygen atoms in total. The van der Waals surface area contributed by atoms with E-state index in [1.165, 1.54) is 10.2 Å². The highest BCUT2D eigenvalue weighted by Gasteiger charge is 2.21. The lowest BCUT2D eigenvalue weighted by molar-refractivity contribution is 0.633. The van der Waals surface area contributed by atoms with E-state index in [4.69, 9.17) is 4.98 Å². The first-order valence-electron chi connectivity index (χ1n) is 10.3. The molecule has 0 aliphatic rings. The van der Waals surface area contributed by atoms with Crippen molar-refractivity contribution in [1.82, 2.24) is 24.3 Å². The van der Waals surface area contributed by atoms with Crippen molar-refractivity contribution in [3.05, 3.63) is 75.8 Å². The number of rotatable bonds is 5. The summed E-state index contributed by atoms with van der Waals surface area (Å²) in [5.74, 6) is 1.26. The van der Waals surface area contributed by atoms with Crippen LogP contribution in [0.1, 0.15) is 43.6 Å². The SMILES string of the molecule is Cc1cc(-c2nc3cnc(CC(C)C)cc3n2C(C)c2ccccc2)nn(C)c1=O. The average molecular weight is 402 g/mol. The van der Waals surface area contributed by atoms with Crippen molar-refractivity contribution >= 4 is 11.0 Å². The molecule has 0 saturated carbocycles. The molecule has 0 aliphatic carbocycles. The zero-order valence-corrected chi connectivity index (χ0v) is 18.1.